The number of hydrogen-bond acceptors (Lipinski definition) is 7. The average molecular weight is 500 g/mol. The van der Waals surface area contributed by atoms with E-state index in [1.54, 1.807) is 6.20 Å². The van der Waals surface area contributed by atoms with Crippen molar-refractivity contribution in [2.75, 3.05) is 6.54 Å². The third-order valence-electron chi connectivity index (χ3n) is 5.59. The van der Waals surface area contributed by atoms with Gasteiger partial charge < -0.3 is 41.9 Å². The highest BCUT2D eigenvalue weighted by atomic mass is 16.4. The van der Waals surface area contributed by atoms with Crippen LogP contribution in [-0.4, -0.2) is 79.6 Å². The number of hydrogen-bond donors (Lipinski definition) is 8. The second-order valence-electron chi connectivity index (χ2n) is 8.35. The summed E-state index contributed by atoms with van der Waals surface area (Å²) in [5.41, 5.74) is 7.61. The van der Waals surface area contributed by atoms with Crippen molar-refractivity contribution in [2.45, 2.75) is 44.0 Å². The Kier molecular flexibility index (Phi) is 8.76. The molecule has 9 N–H and O–H groups in total. The van der Waals surface area contributed by atoms with Crippen molar-refractivity contribution < 1.29 is 29.4 Å². The number of fused-ring (bicyclic) bond motifs is 1. The molecular weight excluding hydrogens is 470 g/mol. The van der Waals surface area contributed by atoms with E-state index in [0.29, 0.717) is 11.3 Å². The minimum atomic E-state index is -1.26. The lowest BCUT2D eigenvalue weighted by Gasteiger charge is -2.21. The summed E-state index contributed by atoms with van der Waals surface area (Å²) in [6.45, 7) is 0.841. The van der Waals surface area contributed by atoms with E-state index in [1.165, 1.54) is 19.4 Å². The molecule has 0 bridgehead atoms. The third-order valence-corrected chi connectivity index (χ3v) is 5.59. The number of carboxylic acids is 1. The molecule has 0 saturated heterocycles. The summed E-state index contributed by atoms with van der Waals surface area (Å²) in [5, 5.41) is 27.3. The zero-order chi connectivity index (χ0) is 26.2. The first-order chi connectivity index (χ1) is 17.2. The molecule has 13 nitrogen and oxygen atoms in total. The summed E-state index contributed by atoms with van der Waals surface area (Å²) in [7, 11) is 0. The summed E-state index contributed by atoms with van der Waals surface area (Å²) < 4.78 is 0. The maximum Gasteiger partial charge on any atom is 0.326 e. The first-order valence-corrected chi connectivity index (χ1v) is 11.2. The molecule has 0 radical (unpaired) electrons. The van der Waals surface area contributed by atoms with Crippen LogP contribution in [0.3, 0.4) is 0 Å². The number of aromatic nitrogens is 3. The van der Waals surface area contributed by atoms with Crippen LogP contribution < -0.4 is 21.7 Å². The number of aliphatic carboxylic acids is 1. The highest BCUT2D eigenvalue weighted by Crippen LogP contribution is 2.19. The van der Waals surface area contributed by atoms with Crippen molar-refractivity contribution in [1.82, 2.24) is 30.9 Å². The fourth-order valence-corrected chi connectivity index (χ4v) is 3.57. The van der Waals surface area contributed by atoms with E-state index in [4.69, 9.17) is 5.73 Å². The van der Waals surface area contributed by atoms with Crippen LogP contribution in [-0.2, 0) is 32.0 Å². The number of aliphatic hydroxyl groups is 1. The van der Waals surface area contributed by atoms with Gasteiger partial charge in [0.05, 0.1) is 19.0 Å². The molecule has 3 rings (SSSR count). The van der Waals surface area contributed by atoms with Crippen LogP contribution >= 0.6 is 0 Å². The van der Waals surface area contributed by atoms with Crippen LogP contribution in [0.4, 0.5) is 0 Å². The Balaban J connectivity index is 1.69. The number of nitrogens with one attached hydrogen (secondary N) is 5. The molecule has 0 aliphatic rings. The third kappa shape index (κ3) is 6.90. The van der Waals surface area contributed by atoms with Crippen molar-refractivity contribution in [1.29, 1.82) is 0 Å². The summed E-state index contributed by atoms with van der Waals surface area (Å²) in [6.07, 6.45) is 3.47. The Morgan fingerprint density at radius 3 is 2.47 bits per heavy atom. The molecular formula is C23H29N7O6. The number of imidazole rings is 1. The van der Waals surface area contributed by atoms with Gasteiger partial charge in [0.2, 0.25) is 17.7 Å². The Labute approximate surface area is 205 Å². The zero-order valence-electron chi connectivity index (χ0n) is 19.5. The monoisotopic (exact) mass is 499 g/mol. The number of aliphatic hydroxyl groups excluding tert-OH is 1. The minimum Gasteiger partial charge on any atom is -0.480 e. The molecule has 3 amide bonds. The fraction of sp³-hybridized carbons (Fsp3) is 0.348. The summed E-state index contributed by atoms with van der Waals surface area (Å²) in [6, 6.07) is 3.74. The highest BCUT2D eigenvalue weighted by molar-refractivity contribution is 5.93. The predicted molar refractivity (Wildman–Crippen MR) is 128 cm³/mol. The lowest BCUT2D eigenvalue weighted by atomic mass is 10.0. The van der Waals surface area contributed by atoms with Gasteiger partial charge in [-0.3, -0.25) is 14.4 Å². The molecule has 0 spiro atoms. The number of nitrogens with two attached hydrogens (primary N) is 1. The molecule has 0 saturated carbocycles. The summed E-state index contributed by atoms with van der Waals surface area (Å²) in [4.78, 5) is 59.2. The van der Waals surface area contributed by atoms with Crippen LogP contribution in [0.5, 0.6) is 0 Å². The van der Waals surface area contributed by atoms with Crippen LogP contribution in [0, 0.1) is 0 Å². The van der Waals surface area contributed by atoms with E-state index >= 15 is 0 Å². The van der Waals surface area contributed by atoms with Crippen LogP contribution in [0.25, 0.3) is 10.9 Å². The van der Waals surface area contributed by atoms with Gasteiger partial charge in [0.25, 0.3) is 0 Å². The Morgan fingerprint density at radius 2 is 1.81 bits per heavy atom. The van der Waals surface area contributed by atoms with Gasteiger partial charge in [-0.2, -0.15) is 0 Å². The number of nitrogens with zero attached hydrogens (tertiary/aromatic N) is 1. The second-order valence-corrected chi connectivity index (χ2v) is 8.35. The molecule has 0 aliphatic carbocycles. The fourth-order valence-electron chi connectivity index (χ4n) is 3.57. The maximum atomic E-state index is 13.1. The smallest absolute Gasteiger partial charge is 0.326 e. The zero-order valence-corrected chi connectivity index (χ0v) is 19.5. The second kappa shape index (κ2) is 12.0. The molecule has 36 heavy (non-hydrogen) atoms. The summed E-state index contributed by atoms with van der Waals surface area (Å²) >= 11 is 0. The van der Waals surface area contributed by atoms with Crippen LogP contribution in [0.2, 0.25) is 0 Å². The first-order valence-electron chi connectivity index (χ1n) is 11.2. The molecule has 13 heteroatoms. The van der Waals surface area contributed by atoms with E-state index in [-0.39, 0.29) is 12.8 Å². The predicted octanol–water partition coefficient (Wildman–Crippen LogP) is -1.45. The molecule has 0 fully saturated rings. The highest BCUT2D eigenvalue weighted by Gasteiger charge is 2.28. The first kappa shape index (κ1) is 26.4. The van der Waals surface area contributed by atoms with Crippen molar-refractivity contribution in [3.05, 3.63) is 54.2 Å². The average Bonchev–Trinajstić information content (AvgIpc) is 3.51. The molecule has 1 aromatic carbocycles. The Hall–Kier alpha value is -4.23. The molecule has 0 aliphatic heterocycles. The molecule has 4 unspecified atom stereocenters. The summed E-state index contributed by atoms with van der Waals surface area (Å²) in [5.74, 6) is -3.40. The van der Waals surface area contributed by atoms with Gasteiger partial charge in [0.1, 0.15) is 18.1 Å². The lowest BCUT2D eigenvalue weighted by molar-refractivity contribution is -0.142. The topological polar surface area (TPSA) is 215 Å². The number of aromatic amines is 2. The van der Waals surface area contributed by atoms with E-state index in [9.17, 15) is 29.4 Å². The van der Waals surface area contributed by atoms with Gasteiger partial charge in [-0.05, 0) is 18.6 Å². The molecule has 4 atom stereocenters. The number of carbonyl (C=O) groups is 4. The van der Waals surface area contributed by atoms with E-state index < -0.39 is 54.5 Å². The number of rotatable bonds is 12. The van der Waals surface area contributed by atoms with Crippen molar-refractivity contribution in [3.8, 4) is 0 Å². The van der Waals surface area contributed by atoms with Crippen molar-refractivity contribution >= 4 is 34.6 Å². The number of benzene rings is 1. The SMILES string of the molecule is CC(O)C(N)C(=O)NCC(=O)NC(Cc1cnc[nH]1)C(=O)NC(Cc1c[nH]c2ccccc12)C(=O)O. The number of H-pyrrole nitrogens is 2. The van der Waals surface area contributed by atoms with Crippen molar-refractivity contribution in [2.24, 2.45) is 5.73 Å². The quantitative estimate of drug-likeness (QED) is 0.147. The number of carboxylic acid groups (broad SMARTS) is 1. The molecule has 3 aromatic rings. The van der Waals surface area contributed by atoms with Gasteiger partial charge in [0, 0.05) is 41.8 Å². The molecule has 2 aromatic heterocycles. The lowest BCUT2D eigenvalue weighted by Crippen LogP contribution is -2.55. The number of amides is 3. The molecule has 2 heterocycles. The van der Waals surface area contributed by atoms with Gasteiger partial charge >= 0.3 is 5.97 Å². The van der Waals surface area contributed by atoms with Crippen LogP contribution in [0.1, 0.15) is 18.2 Å². The Bertz CT molecular complexity index is 1210. The van der Waals surface area contributed by atoms with Gasteiger partial charge in [0.15, 0.2) is 0 Å². The standard InChI is InChI=1S/C23H29N7O6/c1-12(31)20(24)22(34)27-10-19(32)29-17(7-14-9-25-11-28-14)21(33)30-18(23(35)36)6-13-8-26-16-5-3-2-4-15(13)16/h2-5,8-9,11-12,17-18,20,26,31H,6-7,10,24H2,1H3,(H,25,28)(H,27,34)(H,29,32)(H,30,33)(H,35,36). The van der Waals surface area contributed by atoms with Gasteiger partial charge in [-0.25, -0.2) is 9.78 Å². The largest absolute Gasteiger partial charge is 0.480 e. The van der Waals surface area contributed by atoms with E-state index in [2.05, 4.69) is 30.9 Å². The van der Waals surface area contributed by atoms with E-state index in [0.717, 1.165) is 10.9 Å². The normalized spacial score (nSPS) is 14.4. The van der Waals surface area contributed by atoms with Crippen molar-refractivity contribution in [3.63, 3.8) is 0 Å². The van der Waals surface area contributed by atoms with Gasteiger partial charge in [-0.15, -0.1) is 0 Å². The van der Waals surface area contributed by atoms with Gasteiger partial charge in [-0.1, -0.05) is 18.2 Å². The number of carbonyl (C=O) groups excluding carboxylic acids is 3. The number of para-hydroxylation sites is 1. The minimum absolute atomic E-state index is 0.00185. The van der Waals surface area contributed by atoms with E-state index in [1.807, 2.05) is 24.3 Å². The Morgan fingerprint density at radius 1 is 1.06 bits per heavy atom. The molecule has 192 valence electrons. The van der Waals surface area contributed by atoms with Crippen LogP contribution in [0.15, 0.2) is 43.0 Å². The maximum absolute atomic E-state index is 13.1.